The van der Waals surface area contributed by atoms with E-state index in [9.17, 15) is 4.79 Å². The molecule has 16 heavy (non-hydrogen) atoms. The van der Waals surface area contributed by atoms with Crippen LogP contribution in [0.3, 0.4) is 0 Å². The zero-order valence-corrected chi connectivity index (χ0v) is 10.9. The van der Waals surface area contributed by atoms with Crippen LogP contribution in [0.2, 0.25) is 0 Å². The van der Waals surface area contributed by atoms with Gasteiger partial charge in [-0.2, -0.15) is 0 Å². The van der Waals surface area contributed by atoms with Crippen LogP contribution in [0.1, 0.15) is 32.6 Å². The minimum Gasteiger partial charge on any atom is -0.383 e. The molecular weight excluding hydrogens is 202 g/mol. The Kier molecular flexibility index (Phi) is 5.42. The predicted molar refractivity (Wildman–Crippen MR) is 65.5 cm³/mol. The lowest BCUT2D eigenvalue weighted by Gasteiger charge is -2.37. The van der Waals surface area contributed by atoms with Gasteiger partial charge in [0.05, 0.1) is 6.61 Å². The van der Waals surface area contributed by atoms with Crippen LogP contribution in [-0.2, 0) is 9.53 Å². The lowest BCUT2D eigenvalue weighted by molar-refractivity contribution is -0.119. The summed E-state index contributed by atoms with van der Waals surface area (Å²) in [5, 5.41) is 0. The van der Waals surface area contributed by atoms with Crippen molar-refractivity contribution in [2.75, 3.05) is 33.9 Å². The molecule has 1 saturated carbocycles. The van der Waals surface area contributed by atoms with Crippen molar-refractivity contribution in [3.63, 3.8) is 0 Å². The lowest BCUT2D eigenvalue weighted by Crippen LogP contribution is -2.40. The molecule has 0 amide bonds. The van der Waals surface area contributed by atoms with Gasteiger partial charge in [0.25, 0.3) is 0 Å². The van der Waals surface area contributed by atoms with Gasteiger partial charge in [0, 0.05) is 25.6 Å². The number of methoxy groups -OCH3 is 1. The molecule has 3 nitrogen and oxygen atoms in total. The van der Waals surface area contributed by atoms with E-state index in [1.807, 2.05) is 0 Å². The molecule has 0 atom stereocenters. The zero-order chi connectivity index (χ0) is 12.0. The number of hydrogen-bond acceptors (Lipinski definition) is 3. The van der Waals surface area contributed by atoms with E-state index in [0.717, 1.165) is 38.5 Å². The highest BCUT2D eigenvalue weighted by Gasteiger charge is 2.34. The van der Waals surface area contributed by atoms with E-state index in [4.69, 9.17) is 4.74 Å². The van der Waals surface area contributed by atoms with Gasteiger partial charge in [0.2, 0.25) is 0 Å². The average Bonchev–Trinajstić information content (AvgIpc) is 2.30. The fourth-order valence-corrected chi connectivity index (χ4v) is 2.51. The van der Waals surface area contributed by atoms with Crippen molar-refractivity contribution < 1.29 is 9.53 Å². The Morgan fingerprint density at radius 3 is 2.56 bits per heavy atom. The van der Waals surface area contributed by atoms with Crippen LogP contribution in [0, 0.1) is 11.3 Å². The molecule has 1 rings (SSSR count). The first kappa shape index (κ1) is 13.7. The van der Waals surface area contributed by atoms with Gasteiger partial charge in [0.15, 0.2) is 0 Å². The van der Waals surface area contributed by atoms with Gasteiger partial charge < -0.3 is 14.4 Å². The van der Waals surface area contributed by atoms with Crippen LogP contribution in [0.5, 0.6) is 0 Å². The molecule has 94 valence electrons. The highest BCUT2D eigenvalue weighted by molar-refractivity contribution is 5.60. The number of aldehydes is 1. The van der Waals surface area contributed by atoms with Crippen LogP contribution in [-0.4, -0.2) is 45.0 Å². The molecule has 0 spiro atoms. The average molecular weight is 227 g/mol. The fraction of sp³-hybridized carbons (Fsp3) is 0.923. The predicted octanol–water partition coefficient (Wildman–Crippen LogP) is 1.96. The molecule has 0 aromatic carbocycles. The molecule has 0 aromatic rings. The molecule has 0 N–H and O–H groups in total. The minimum atomic E-state index is -0.0883. The fourth-order valence-electron chi connectivity index (χ4n) is 2.51. The van der Waals surface area contributed by atoms with E-state index in [-0.39, 0.29) is 5.41 Å². The maximum absolute atomic E-state index is 11.3. The Morgan fingerprint density at radius 2 is 2.06 bits per heavy atom. The van der Waals surface area contributed by atoms with Crippen LogP contribution in [0.15, 0.2) is 0 Å². The van der Waals surface area contributed by atoms with Gasteiger partial charge in [-0.1, -0.05) is 6.92 Å². The smallest absolute Gasteiger partial charge is 0.127 e. The van der Waals surface area contributed by atoms with Gasteiger partial charge in [-0.25, -0.2) is 0 Å². The minimum absolute atomic E-state index is 0.0883. The summed E-state index contributed by atoms with van der Waals surface area (Å²) in [6, 6.07) is 0. The molecule has 1 aliphatic rings. The number of likely N-dealkylation sites (N-methyl/N-ethyl adjacent to an activating group) is 1. The summed E-state index contributed by atoms with van der Waals surface area (Å²) in [6.07, 6.45) is 5.68. The molecular formula is C13H25NO2. The van der Waals surface area contributed by atoms with E-state index in [1.54, 1.807) is 7.11 Å². The van der Waals surface area contributed by atoms with Crippen LogP contribution in [0.25, 0.3) is 0 Å². The molecule has 0 saturated heterocycles. The number of ether oxygens (including phenoxy) is 1. The van der Waals surface area contributed by atoms with Crippen molar-refractivity contribution in [2.45, 2.75) is 32.6 Å². The highest BCUT2D eigenvalue weighted by Crippen LogP contribution is 2.37. The molecule has 3 heteroatoms. The van der Waals surface area contributed by atoms with E-state index in [1.165, 1.54) is 19.1 Å². The van der Waals surface area contributed by atoms with E-state index < -0.39 is 0 Å². The van der Waals surface area contributed by atoms with Gasteiger partial charge in [-0.05, 0) is 38.6 Å². The monoisotopic (exact) mass is 227 g/mol. The molecule has 0 radical (unpaired) electrons. The summed E-state index contributed by atoms with van der Waals surface area (Å²) >= 11 is 0. The molecule has 0 unspecified atom stereocenters. The maximum Gasteiger partial charge on any atom is 0.127 e. The van der Waals surface area contributed by atoms with Gasteiger partial charge in [0.1, 0.15) is 6.29 Å². The van der Waals surface area contributed by atoms with Crippen molar-refractivity contribution in [3.05, 3.63) is 0 Å². The number of rotatable bonds is 6. The second-order valence-corrected chi connectivity index (χ2v) is 5.39. The number of carbonyl (C=O) groups is 1. The topological polar surface area (TPSA) is 29.5 Å². The zero-order valence-electron chi connectivity index (χ0n) is 10.9. The van der Waals surface area contributed by atoms with E-state index in [2.05, 4.69) is 18.9 Å². The Morgan fingerprint density at radius 1 is 1.44 bits per heavy atom. The Bertz CT molecular complexity index is 210. The van der Waals surface area contributed by atoms with Crippen molar-refractivity contribution in [1.29, 1.82) is 0 Å². The maximum atomic E-state index is 11.3. The normalized spacial score (nSPS) is 30.6. The van der Waals surface area contributed by atoms with Crippen LogP contribution >= 0.6 is 0 Å². The Labute approximate surface area is 99.1 Å². The summed E-state index contributed by atoms with van der Waals surface area (Å²) in [5.41, 5.74) is -0.0883. The summed E-state index contributed by atoms with van der Waals surface area (Å²) in [5.74, 6) is 0.789. The Balaban J connectivity index is 2.44. The van der Waals surface area contributed by atoms with E-state index >= 15 is 0 Å². The first-order valence-electron chi connectivity index (χ1n) is 6.26. The Hall–Kier alpha value is -0.410. The molecule has 0 bridgehead atoms. The van der Waals surface area contributed by atoms with Crippen molar-refractivity contribution in [2.24, 2.45) is 11.3 Å². The molecule has 0 aromatic heterocycles. The highest BCUT2D eigenvalue weighted by atomic mass is 16.5. The first-order valence-corrected chi connectivity index (χ1v) is 6.26. The van der Waals surface area contributed by atoms with Gasteiger partial charge in [-0.3, -0.25) is 0 Å². The summed E-state index contributed by atoms with van der Waals surface area (Å²) in [7, 11) is 3.79. The van der Waals surface area contributed by atoms with E-state index in [0.29, 0.717) is 0 Å². The summed E-state index contributed by atoms with van der Waals surface area (Å²) < 4.78 is 5.06. The van der Waals surface area contributed by atoms with Gasteiger partial charge >= 0.3 is 0 Å². The van der Waals surface area contributed by atoms with Crippen LogP contribution in [0.4, 0.5) is 0 Å². The number of carbonyl (C=O) groups excluding carboxylic acids is 1. The second-order valence-electron chi connectivity index (χ2n) is 5.39. The molecule has 0 aliphatic heterocycles. The lowest BCUT2D eigenvalue weighted by atomic mass is 9.71. The third-order valence-corrected chi connectivity index (χ3v) is 3.78. The van der Waals surface area contributed by atoms with Crippen molar-refractivity contribution in [3.8, 4) is 0 Å². The second kappa shape index (κ2) is 6.36. The quantitative estimate of drug-likeness (QED) is 0.650. The number of hydrogen-bond donors (Lipinski definition) is 0. The van der Waals surface area contributed by atoms with Crippen molar-refractivity contribution >= 4 is 6.29 Å². The molecule has 1 aliphatic carbocycles. The summed E-state index contributed by atoms with van der Waals surface area (Å²) in [6.45, 7) is 4.80. The first-order chi connectivity index (χ1) is 7.62. The van der Waals surface area contributed by atoms with Crippen LogP contribution < -0.4 is 0 Å². The molecule has 1 fully saturated rings. The van der Waals surface area contributed by atoms with Gasteiger partial charge in [-0.15, -0.1) is 0 Å². The molecule has 0 heterocycles. The third kappa shape index (κ3) is 3.87. The van der Waals surface area contributed by atoms with Crippen molar-refractivity contribution in [1.82, 2.24) is 4.90 Å². The summed E-state index contributed by atoms with van der Waals surface area (Å²) in [4.78, 5) is 13.6. The number of nitrogens with zero attached hydrogens (tertiary/aromatic N) is 1. The largest absolute Gasteiger partial charge is 0.383 e. The third-order valence-electron chi connectivity index (χ3n) is 3.78. The standard InChI is InChI=1S/C13H25NO2/c1-12-4-6-13(11-15,7-5-12)10-14(2)8-9-16-3/h11-12H,4-10H2,1-3H3. The SMILES string of the molecule is COCCN(C)CC1(C=O)CCC(C)CC1.